The Bertz CT molecular complexity index is 1090. The van der Waals surface area contributed by atoms with E-state index in [0.717, 1.165) is 69.6 Å². The van der Waals surface area contributed by atoms with Crippen LogP contribution in [0.3, 0.4) is 0 Å². The molecule has 0 saturated heterocycles. The van der Waals surface area contributed by atoms with Crippen LogP contribution in [-0.4, -0.2) is 37.2 Å². The highest BCUT2D eigenvalue weighted by Gasteiger charge is 2.19. The van der Waals surface area contributed by atoms with E-state index in [1.807, 2.05) is 0 Å². The van der Waals surface area contributed by atoms with Gasteiger partial charge in [-0.15, -0.1) is 0 Å². The Kier molecular flexibility index (Phi) is 56.4. The highest BCUT2D eigenvalue weighted by Crippen LogP contribution is 2.19. The van der Waals surface area contributed by atoms with Crippen LogP contribution >= 0.6 is 0 Å². The van der Waals surface area contributed by atoms with Gasteiger partial charge in [-0.3, -0.25) is 14.4 Å². The van der Waals surface area contributed by atoms with Crippen molar-refractivity contribution in [1.29, 1.82) is 0 Å². The van der Waals surface area contributed by atoms with Crippen LogP contribution < -0.4 is 0 Å². The maximum absolute atomic E-state index is 12.9. The SMILES string of the molecule is CCCCCCCCCCCCCCCCCCC(=O)OC[C@@H](COC(=O)CCCCCCCCCCCCCCCCCCC(C)C)OC(=O)CCCCCCCCCCCCCCCCCC(C)C. The van der Waals surface area contributed by atoms with Crippen molar-refractivity contribution in [2.75, 3.05) is 13.2 Å². The average Bonchev–Trinajstić information content (AvgIpc) is 3.35. The molecular formula is C65H126O6. The Balaban J connectivity index is 4.28. The lowest BCUT2D eigenvalue weighted by atomic mass is 10.0. The Hall–Kier alpha value is -1.59. The van der Waals surface area contributed by atoms with Crippen molar-refractivity contribution in [3.63, 3.8) is 0 Å². The Morgan fingerprint density at radius 2 is 0.465 bits per heavy atom. The molecule has 0 aromatic rings. The van der Waals surface area contributed by atoms with Gasteiger partial charge >= 0.3 is 17.9 Å². The summed E-state index contributed by atoms with van der Waals surface area (Å²) in [5.41, 5.74) is 0. The second-order valence-corrected chi connectivity index (χ2v) is 23.4. The van der Waals surface area contributed by atoms with Gasteiger partial charge in [0.15, 0.2) is 6.10 Å². The van der Waals surface area contributed by atoms with Crippen LogP contribution in [0.4, 0.5) is 0 Å². The van der Waals surface area contributed by atoms with Crippen LogP contribution in [0.2, 0.25) is 0 Å². The van der Waals surface area contributed by atoms with Crippen LogP contribution in [0, 0.1) is 11.8 Å². The topological polar surface area (TPSA) is 78.9 Å². The molecule has 0 N–H and O–H groups in total. The molecule has 422 valence electrons. The van der Waals surface area contributed by atoms with E-state index in [2.05, 4.69) is 34.6 Å². The van der Waals surface area contributed by atoms with E-state index in [1.165, 1.54) is 257 Å². The van der Waals surface area contributed by atoms with E-state index >= 15 is 0 Å². The molecular weight excluding hydrogens is 877 g/mol. The molecule has 6 heteroatoms. The zero-order valence-corrected chi connectivity index (χ0v) is 48.9. The van der Waals surface area contributed by atoms with Gasteiger partial charge in [0.1, 0.15) is 13.2 Å². The maximum atomic E-state index is 12.9. The van der Waals surface area contributed by atoms with E-state index in [1.54, 1.807) is 0 Å². The molecule has 0 fully saturated rings. The number of carbonyl (C=O) groups excluding carboxylic acids is 3. The van der Waals surface area contributed by atoms with Gasteiger partial charge in [0.2, 0.25) is 0 Å². The zero-order chi connectivity index (χ0) is 51.8. The van der Waals surface area contributed by atoms with Crippen molar-refractivity contribution in [1.82, 2.24) is 0 Å². The van der Waals surface area contributed by atoms with Gasteiger partial charge in [0.25, 0.3) is 0 Å². The lowest BCUT2D eigenvalue weighted by Crippen LogP contribution is -2.30. The predicted octanol–water partition coefficient (Wildman–Crippen LogP) is 21.6. The largest absolute Gasteiger partial charge is 0.462 e. The van der Waals surface area contributed by atoms with Crippen LogP contribution in [-0.2, 0) is 28.6 Å². The minimum absolute atomic E-state index is 0.0617. The van der Waals surface area contributed by atoms with Crippen LogP contribution in [0.1, 0.15) is 369 Å². The molecule has 0 aliphatic heterocycles. The van der Waals surface area contributed by atoms with Crippen LogP contribution in [0.25, 0.3) is 0 Å². The average molecular weight is 1000 g/mol. The molecule has 0 aromatic carbocycles. The number of ether oxygens (including phenoxy) is 3. The first-order valence-corrected chi connectivity index (χ1v) is 32.2. The molecule has 6 nitrogen and oxygen atoms in total. The molecule has 0 saturated carbocycles. The van der Waals surface area contributed by atoms with Crippen molar-refractivity contribution in [3.05, 3.63) is 0 Å². The van der Waals surface area contributed by atoms with Crippen molar-refractivity contribution < 1.29 is 28.6 Å². The quantitative estimate of drug-likeness (QED) is 0.0343. The Morgan fingerprint density at radius 3 is 0.690 bits per heavy atom. The standard InChI is InChI=1S/C65H126O6/c1-6-7-8-9-10-11-12-13-14-20-25-30-35-40-45-50-55-63(66)69-58-62(71-65(68)57-52-47-42-37-32-27-22-17-19-24-29-34-39-44-49-54-61(4)5)59-70-64(67)56-51-46-41-36-31-26-21-16-15-18-23-28-33-38-43-48-53-60(2)3/h60-62H,6-59H2,1-5H3/t62-/m0/s1. The summed E-state index contributed by atoms with van der Waals surface area (Å²) in [5.74, 6) is 0.871. The molecule has 0 radical (unpaired) electrons. The van der Waals surface area contributed by atoms with Crippen molar-refractivity contribution in [2.45, 2.75) is 375 Å². The number of hydrogen-bond donors (Lipinski definition) is 0. The minimum Gasteiger partial charge on any atom is -0.462 e. The Labute approximate surface area is 444 Å². The summed E-state index contributed by atoms with van der Waals surface area (Å²) >= 11 is 0. The third kappa shape index (κ3) is 59.2. The van der Waals surface area contributed by atoms with Crippen LogP contribution in [0.5, 0.6) is 0 Å². The van der Waals surface area contributed by atoms with Gasteiger partial charge in [0, 0.05) is 19.3 Å². The fourth-order valence-corrected chi connectivity index (χ4v) is 10.1. The van der Waals surface area contributed by atoms with E-state index in [9.17, 15) is 14.4 Å². The zero-order valence-electron chi connectivity index (χ0n) is 48.9. The van der Waals surface area contributed by atoms with E-state index < -0.39 is 6.10 Å². The summed E-state index contributed by atoms with van der Waals surface area (Å²) in [4.78, 5) is 38.3. The molecule has 0 bridgehead atoms. The second kappa shape index (κ2) is 57.7. The summed E-state index contributed by atoms with van der Waals surface area (Å²) in [6, 6.07) is 0. The third-order valence-corrected chi connectivity index (χ3v) is 15.0. The molecule has 0 rings (SSSR count). The number of rotatable bonds is 59. The van der Waals surface area contributed by atoms with Gasteiger partial charge in [-0.1, -0.05) is 330 Å². The molecule has 1 atom stereocenters. The second-order valence-electron chi connectivity index (χ2n) is 23.4. The molecule has 0 spiro atoms. The Morgan fingerprint density at radius 1 is 0.268 bits per heavy atom. The first kappa shape index (κ1) is 69.4. The van der Waals surface area contributed by atoms with Crippen molar-refractivity contribution in [2.24, 2.45) is 11.8 Å². The summed E-state index contributed by atoms with van der Waals surface area (Å²) in [7, 11) is 0. The fraction of sp³-hybridized carbons (Fsp3) is 0.954. The summed E-state index contributed by atoms with van der Waals surface area (Å²) in [6.45, 7) is 11.5. The lowest BCUT2D eigenvalue weighted by Gasteiger charge is -2.18. The monoisotopic (exact) mass is 1000 g/mol. The highest BCUT2D eigenvalue weighted by molar-refractivity contribution is 5.71. The number of esters is 3. The highest BCUT2D eigenvalue weighted by atomic mass is 16.6. The van der Waals surface area contributed by atoms with Crippen molar-refractivity contribution >= 4 is 17.9 Å². The molecule has 0 aliphatic carbocycles. The van der Waals surface area contributed by atoms with Gasteiger partial charge in [-0.2, -0.15) is 0 Å². The smallest absolute Gasteiger partial charge is 0.306 e. The van der Waals surface area contributed by atoms with E-state index in [0.29, 0.717) is 19.3 Å². The van der Waals surface area contributed by atoms with Gasteiger partial charge in [-0.25, -0.2) is 0 Å². The molecule has 0 heterocycles. The normalized spacial score (nSPS) is 12.0. The maximum Gasteiger partial charge on any atom is 0.306 e. The first-order valence-electron chi connectivity index (χ1n) is 32.2. The van der Waals surface area contributed by atoms with Gasteiger partial charge < -0.3 is 14.2 Å². The number of carbonyl (C=O) groups is 3. The van der Waals surface area contributed by atoms with E-state index in [-0.39, 0.29) is 31.1 Å². The van der Waals surface area contributed by atoms with Gasteiger partial charge in [0.05, 0.1) is 0 Å². The lowest BCUT2D eigenvalue weighted by molar-refractivity contribution is -0.167. The predicted molar refractivity (Wildman–Crippen MR) is 307 cm³/mol. The summed E-state index contributed by atoms with van der Waals surface area (Å²) in [6.07, 6.45) is 63.9. The minimum atomic E-state index is -0.764. The summed E-state index contributed by atoms with van der Waals surface area (Å²) < 4.78 is 17.0. The number of unbranched alkanes of at least 4 members (excludes halogenated alkanes) is 44. The van der Waals surface area contributed by atoms with Crippen LogP contribution in [0.15, 0.2) is 0 Å². The third-order valence-electron chi connectivity index (χ3n) is 15.0. The molecule has 0 aliphatic rings. The molecule has 71 heavy (non-hydrogen) atoms. The number of hydrogen-bond acceptors (Lipinski definition) is 6. The molecule has 0 aromatic heterocycles. The fourth-order valence-electron chi connectivity index (χ4n) is 10.1. The van der Waals surface area contributed by atoms with Gasteiger partial charge in [-0.05, 0) is 31.1 Å². The van der Waals surface area contributed by atoms with Crippen molar-refractivity contribution in [3.8, 4) is 0 Å². The summed E-state index contributed by atoms with van der Waals surface area (Å²) in [5, 5.41) is 0. The van der Waals surface area contributed by atoms with E-state index in [4.69, 9.17) is 14.2 Å². The molecule has 0 amide bonds. The first-order chi connectivity index (χ1) is 34.7. The molecule has 0 unspecified atom stereocenters.